The van der Waals surface area contributed by atoms with Gasteiger partial charge in [-0.2, -0.15) is 0 Å². The number of hydrogen-bond donors (Lipinski definition) is 2. The first-order valence-electron chi connectivity index (χ1n) is 8.26. The van der Waals surface area contributed by atoms with Crippen molar-refractivity contribution < 1.29 is 14.0 Å². The standard InChI is InChI=1S/C21H17BrN2O3/c22-18-9-3-1-6-15(18)11-12-20(25)24-19-10-4-2-8-17(19)21(26)23-14-16-7-5-13-27-16/h1-13H,14H2,(H,23,26)(H,24,25)/b12-11+. The number of furan rings is 1. The van der Waals surface area contributed by atoms with Crippen LogP contribution in [0, 0.1) is 0 Å². The second-order valence-electron chi connectivity index (χ2n) is 5.65. The molecule has 136 valence electrons. The first-order valence-corrected chi connectivity index (χ1v) is 9.06. The summed E-state index contributed by atoms with van der Waals surface area (Å²) in [4.78, 5) is 24.7. The third-order valence-electron chi connectivity index (χ3n) is 3.75. The van der Waals surface area contributed by atoms with E-state index in [0.29, 0.717) is 17.0 Å². The number of carbonyl (C=O) groups is 2. The van der Waals surface area contributed by atoms with Crippen molar-refractivity contribution >= 4 is 39.5 Å². The summed E-state index contributed by atoms with van der Waals surface area (Å²) in [5.74, 6) is 0.0374. The maximum atomic E-state index is 12.4. The third kappa shape index (κ3) is 5.18. The van der Waals surface area contributed by atoms with Crippen molar-refractivity contribution in [1.82, 2.24) is 5.32 Å². The molecule has 0 fully saturated rings. The molecule has 2 aromatic carbocycles. The minimum absolute atomic E-state index is 0.274. The normalized spacial score (nSPS) is 10.7. The third-order valence-corrected chi connectivity index (χ3v) is 4.47. The maximum absolute atomic E-state index is 12.4. The van der Waals surface area contributed by atoms with Crippen LogP contribution in [0.15, 0.2) is 81.9 Å². The van der Waals surface area contributed by atoms with E-state index < -0.39 is 0 Å². The number of para-hydroxylation sites is 1. The Hall–Kier alpha value is -3.12. The number of halogens is 1. The van der Waals surface area contributed by atoms with E-state index in [1.165, 1.54) is 6.08 Å². The molecular weight excluding hydrogens is 408 g/mol. The van der Waals surface area contributed by atoms with E-state index in [4.69, 9.17) is 4.42 Å². The van der Waals surface area contributed by atoms with Gasteiger partial charge in [0.1, 0.15) is 5.76 Å². The molecule has 1 heterocycles. The van der Waals surface area contributed by atoms with Gasteiger partial charge in [-0.15, -0.1) is 0 Å². The van der Waals surface area contributed by atoms with Gasteiger partial charge < -0.3 is 15.1 Å². The highest BCUT2D eigenvalue weighted by Gasteiger charge is 2.12. The minimum atomic E-state index is -0.322. The molecule has 2 N–H and O–H groups in total. The van der Waals surface area contributed by atoms with E-state index in [1.54, 1.807) is 48.7 Å². The molecule has 0 aliphatic carbocycles. The zero-order chi connectivity index (χ0) is 19.1. The molecular formula is C21H17BrN2O3. The lowest BCUT2D eigenvalue weighted by Gasteiger charge is -2.10. The maximum Gasteiger partial charge on any atom is 0.253 e. The quantitative estimate of drug-likeness (QED) is 0.566. The molecule has 0 aliphatic rings. The first kappa shape index (κ1) is 18.7. The fourth-order valence-electron chi connectivity index (χ4n) is 2.42. The average Bonchev–Trinajstić information content (AvgIpc) is 3.19. The van der Waals surface area contributed by atoms with Gasteiger partial charge in [0.15, 0.2) is 0 Å². The number of rotatable bonds is 6. The number of hydrogen-bond acceptors (Lipinski definition) is 3. The molecule has 2 amide bonds. The van der Waals surface area contributed by atoms with Crippen LogP contribution < -0.4 is 10.6 Å². The number of anilines is 1. The molecule has 3 aromatic rings. The summed E-state index contributed by atoms with van der Waals surface area (Å²) in [6.45, 7) is 0.274. The Bertz CT molecular complexity index is 965. The summed E-state index contributed by atoms with van der Waals surface area (Å²) >= 11 is 3.43. The smallest absolute Gasteiger partial charge is 0.253 e. The molecule has 6 heteroatoms. The zero-order valence-corrected chi connectivity index (χ0v) is 15.9. The molecule has 0 unspecified atom stereocenters. The van der Waals surface area contributed by atoms with Gasteiger partial charge in [-0.3, -0.25) is 9.59 Å². The van der Waals surface area contributed by atoms with Crippen LogP contribution in [-0.2, 0) is 11.3 Å². The van der Waals surface area contributed by atoms with Crippen molar-refractivity contribution in [2.24, 2.45) is 0 Å². The predicted molar refractivity (Wildman–Crippen MR) is 108 cm³/mol. The van der Waals surface area contributed by atoms with Crippen LogP contribution in [0.5, 0.6) is 0 Å². The van der Waals surface area contributed by atoms with Gasteiger partial charge in [-0.25, -0.2) is 0 Å². The molecule has 0 aliphatic heterocycles. The highest BCUT2D eigenvalue weighted by atomic mass is 79.9. The molecule has 3 rings (SSSR count). The summed E-state index contributed by atoms with van der Waals surface area (Å²) in [6, 6.07) is 18.0. The molecule has 27 heavy (non-hydrogen) atoms. The molecule has 0 radical (unpaired) electrons. The first-order chi connectivity index (χ1) is 13.1. The average molecular weight is 425 g/mol. The van der Waals surface area contributed by atoms with Crippen LogP contribution in [0.3, 0.4) is 0 Å². The van der Waals surface area contributed by atoms with E-state index in [2.05, 4.69) is 26.6 Å². The molecule has 0 saturated carbocycles. The van der Waals surface area contributed by atoms with Crippen molar-refractivity contribution in [3.8, 4) is 0 Å². The minimum Gasteiger partial charge on any atom is -0.467 e. The summed E-state index contributed by atoms with van der Waals surface area (Å²) in [5.41, 5.74) is 1.71. The molecule has 0 bridgehead atoms. The van der Waals surface area contributed by atoms with Crippen molar-refractivity contribution in [3.63, 3.8) is 0 Å². The monoisotopic (exact) mass is 424 g/mol. The molecule has 1 aromatic heterocycles. The Balaban J connectivity index is 1.67. The van der Waals surface area contributed by atoms with Gasteiger partial charge in [0.05, 0.1) is 24.1 Å². The summed E-state index contributed by atoms with van der Waals surface area (Å²) in [5, 5.41) is 5.52. The highest BCUT2D eigenvalue weighted by Crippen LogP contribution is 2.18. The fourth-order valence-corrected chi connectivity index (χ4v) is 2.83. The Morgan fingerprint density at radius 3 is 2.56 bits per heavy atom. The second-order valence-corrected chi connectivity index (χ2v) is 6.51. The highest BCUT2D eigenvalue weighted by molar-refractivity contribution is 9.10. The van der Waals surface area contributed by atoms with E-state index in [0.717, 1.165) is 10.0 Å². The lowest BCUT2D eigenvalue weighted by atomic mass is 10.1. The molecule has 0 spiro atoms. The number of benzene rings is 2. The van der Waals surface area contributed by atoms with Gasteiger partial charge in [0.25, 0.3) is 5.91 Å². The van der Waals surface area contributed by atoms with Crippen molar-refractivity contribution in [3.05, 3.63) is 94.4 Å². The van der Waals surface area contributed by atoms with Crippen LogP contribution >= 0.6 is 15.9 Å². The van der Waals surface area contributed by atoms with Crippen molar-refractivity contribution in [1.29, 1.82) is 0 Å². The van der Waals surface area contributed by atoms with E-state index in [-0.39, 0.29) is 18.4 Å². The molecule has 0 atom stereocenters. The van der Waals surface area contributed by atoms with Crippen LogP contribution in [0.2, 0.25) is 0 Å². The van der Waals surface area contributed by atoms with Crippen molar-refractivity contribution in [2.45, 2.75) is 6.54 Å². The van der Waals surface area contributed by atoms with Gasteiger partial charge in [-0.1, -0.05) is 46.3 Å². The Kier molecular flexibility index (Phi) is 6.22. The molecule has 0 saturated heterocycles. The van der Waals surface area contributed by atoms with Crippen molar-refractivity contribution in [2.75, 3.05) is 5.32 Å². The lowest BCUT2D eigenvalue weighted by Crippen LogP contribution is -2.24. The number of amides is 2. The zero-order valence-electron chi connectivity index (χ0n) is 14.3. The van der Waals surface area contributed by atoms with Crippen LogP contribution in [0.1, 0.15) is 21.7 Å². The topological polar surface area (TPSA) is 71.3 Å². The summed E-state index contributed by atoms with van der Waals surface area (Å²) < 4.78 is 6.10. The Labute approximate surface area is 165 Å². The van der Waals surface area contributed by atoms with Crippen LogP contribution in [0.4, 0.5) is 5.69 Å². The van der Waals surface area contributed by atoms with Crippen LogP contribution in [-0.4, -0.2) is 11.8 Å². The lowest BCUT2D eigenvalue weighted by molar-refractivity contribution is -0.111. The van der Waals surface area contributed by atoms with Gasteiger partial charge in [0, 0.05) is 10.5 Å². The largest absolute Gasteiger partial charge is 0.467 e. The second kappa shape index (κ2) is 9.00. The van der Waals surface area contributed by atoms with E-state index in [9.17, 15) is 9.59 Å². The van der Waals surface area contributed by atoms with Gasteiger partial charge in [-0.05, 0) is 42.0 Å². The SMILES string of the molecule is O=C(/C=C/c1ccccc1Br)Nc1ccccc1C(=O)NCc1ccco1. The van der Waals surface area contributed by atoms with Gasteiger partial charge >= 0.3 is 0 Å². The van der Waals surface area contributed by atoms with Crippen LogP contribution in [0.25, 0.3) is 6.08 Å². The summed E-state index contributed by atoms with van der Waals surface area (Å²) in [7, 11) is 0. The van der Waals surface area contributed by atoms with E-state index >= 15 is 0 Å². The Morgan fingerprint density at radius 1 is 1.00 bits per heavy atom. The number of nitrogens with one attached hydrogen (secondary N) is 2. The summed E-state index contributed by atoms with van der Waals surface area (Å²) in [6.07, 6.45) is 4.68. The van der Waals surface area contributed by atoms with E-state index in [1.807, 2.05) is 24.3 Å². The fraction of sp³-hybridized carbons (Fsp3) is 0.0476. The molecule has 5 nitrogen and oxygen atoms in total. The predicted octanol–water partition coefficient (Wildman–Crippen LogP) is 4.62. The Morgan fingerprint density at radius 2 is 1.78 bits per heavy atom. The number of carbonyl (C=O) groups excluding carboxylic acids is 2. The van der Waals surface area contributed by atoms with Gasteiger partial charge in [0.2, 0.25) is 5.91 Å².